The minimum absolute atomic E-state index is 0.218. The predicted octanol–water partition coefficient (Wildman–Crippen LogP) is 1.98. The molecule has 0 fully saturated rings. The molecule has 0 saturated carbocycles. The van der Waals surface area contributed by atoms with Crippen LogP contribution >= 0.6 is 0 Å². The van der Waals surface area contributed by atoms with Gasteiger partial charge in [0.1, 0.15) is 0 Å². The van der Waals surface area contributed by atoms with Gasteiger partial charge in [-0.3, -0.25) is 0 Å². The van der Waals surface area contributed by atoms with E-state index < -0.39 is 15.5 Å². The van der Waals surface area contributed by atoms with Crippen molar-refractivity contribution in [3.05, 3.63) is 35.4 Å². The summed E-state index contributed by atoms with van der Waals surface area (Å²) < 4.78 is 58.7. The largest absolute Gasteiger partial charge is 0.511 e. The predicted molar refractivity (Wildman–Crippen MR) is 57.9 cm³/mol. The molecule has 7 heteroatoms. The molecule has 1 rings (SSSR count). The van der Waals surface area contributed by atoms with Gasteiger partial charge < -0.3 is 0 Å². The zero-order valence-electron chi connectivity index (χ0n) is 9.08. The van der Waals surface area contributed by atoms with E-state index in [4.69, 9.17) is 0 Å². The molecule has 1 N–H and O–H groups in total. The van der Waals surface area contributed by atoms with Gasteiger partial charge in [0.25, 0.3) is 0 Å². The molecule has 0 unspecified atom stereocenters. The highest BCUT2D eigenvalue weighted by Gasteiger charge is 2.45. The molecule has 0 radical (unpaired) electrons. The maximum atomic E-state index is 12.0. The first kappa shape index (κ1) is 14.0. The fourth-order valence-corrected chi connectivity index (χ4v) is 1.70. The number of sulfonamides is 1. The summed E-state index contributed by atoms with van der Waals surface area (Å²) in [6.07, 6.45) is 0.218. The fourth-order valence-electron chi connectivity index (χ4n) is 1.17. The zero-order valence-corrected chi connectivity index (χ0v) is 9.90. The van der Waals surface area contributed by atoms with Crippen molar-refractivity contribution in [2.45, 2.75) is 18.9 Å². The standard InChI is InChI=1S/C10H12F3NO2S/c1-8-2-4-9(5-3-8)6-7-14-17(15,16)10(11,12)13/h2-5,14H,6-7H2,1H3. The fraction of sp³-hybridized carbons (Fsp3) is 0.400. The monoisotopic (exact) mass is 267 g/mol. The van der Waals surface area contributed by atoms with Crippen molar-refractivity contribution >= 4 is 10.0 Å². The summed E-state index contributed by atoms with van der Waals surface area (Å²) >= 11 is 0. The molecule has 3 nitrogen and oxygen atoms in total. The van der Waals surface area contributed by atoms with E-state index in [1.807, 2.05) is 19.1 Å². The number of rotatable bonds is 4. The van der Waals surface area contributed by atoms with Crippen LogP contribution in [-0.2, 0) is 16.4 Å². The van der Waals surface area contributed by atoms with Crippen molar-refractivity contribution in [1.29, 1.82) is 0 Å². The molecule has 0 amide bonds. The molecule has 1 aromatic carbocycles. The van der Waals surface area contributed by atoms with Crippen LogP contribution in [0.3, 0.4) is 0 Å². The Labute approximate surface area is 97.7 Å². The van der Waals surface area contributed by atoms with Crippen LogP contribution in [0.2, 0.25) is 0 Å². The van der Waals surface area contributed by atoms with Gasteiger partial charge in [-0.25, -0.2) is 13.1 Å². The first-order valence-corrected chi connectivity index (χ1v) is 6.32. The molecule has 17 heavy (non-hydrogen) atoms. The Morgan fingerprint density at radius 3 is 2.18 bits per heavy atom. The Morgan fingerprint density at radius 2 is 1.71 bits per heavy atom. The van der Waals surface area contributed by atoms with Gasteiger partial charge in [0.15, 0.2) is 0 Å². The number of halogens is 3. The molecular formula is C10H12F3NO2S. The Morgan fingerprint density at radius 1 is 1.18 bits per heavy atom. The average Bonchev–Trinajstić information content (AvgIpc) is 2.19. The Hall–Kier alpha value is -1.08. The van der Waals surface area contributed by atoms with E-state index in [9.17, 15) is 21.6 Å². The molecule has 0 aromatic heterocycles. The van der Waals surface area contributed by atoms with Crippen LogP contribution in [-0.4, -0.2) is 20.5 Å². The van der Waals surface area contributed by atoms with Crippen molar-refractivity contribution in [1.82, 2.24) is 4.72 Å². The second-order valence-corrected chi connectivity index (χ2v) is 5.34. The van der Waals surface area contributed by atoms with E-state index >= 15 is 0 Å². The lowest BCUT2D eigenvalue weighted by Crippen LogP contribution is -2.37. The molecule has 0 atom stereocenters. The highest BCUT2D eigenvalue weighted by atomic mass is 32.2. The first-order valence-electron chi connectivity index (χ1n) is 4.84. The van der Waals surface area contributed by atoms with Gasteiger partial charge in [-0.1, -0.05) is 29.8 Å². The smallest absolute Gasteiger partial charge is 0.207 e. The highest BCUT2D eigenvalue weighted by molar-refractivity contribution is 7.90. The third-order valence-electron chi connectivity index (χ3n) is 2.13. The second kappa shape index (κ2) is 5.05. The molecule has 1 aromatic rings. The average molecular weight is 267 g/mol. The molecular weight excluding hydrogens is 255 g/mol. The molecule has 0 heterocycles. The SMILES string of the molecule is Cc1ccc(CCNS(=O)(=O)C(F)(F)F)cc1. The lowest BCUT2D eigenvalue weighted by atomic mass is 10.1. The summed E-state index contributed by atoms with van der Waals surface area (Å²) in [5, 5.41) is 0. The normalized spacial score (nSPS) is 12.7. The van der Waals surface area contributed by atoms with Crippen LogP contribution in [0.4, 0.5) is 13.2 Å². The number of nitrogens with one attached hydrogen (secondary N) is 1. The van der Waals surface area contributed by atoms with Crippen molar-refractivity contribution in [3.63, 3.8) is 0 Å². The lowest BCUT2D eigenvalue weighted by Gasteiger charge is -2.09. The maximum Gasteiger partial charge on any atom is 0.511 e. The van der Waals surface area contributed by atoms with Gasteiger partial charge in [0, 0.05) is 6.54 Å². The summed E-state index contributed by atoms with van der Waals surface area (Å²) in [4.78, 5) is 0. The molecule has 0 aliphatic heterocycles. The summed E-state index contributed by atoms with van der Waals surface area (Å²) in [5.74, 6) is 0. The van der Waals surface area contributed by atoms with Gasteiger partial charge in [-0.15, -0.1) is 0 Å². The number of benzene rings is 1. The molecule has 0 bridgehead atoms. The van der Waals surface area contributed by atoms with Crippen molar-refractivity contribution in [2.75, 3.05) is 6.54 Å². The van der Waals surface area contributed by atoms with Crippen LogP contribution in [0.1, 0.15) is 11.1 Å². The van der Waals surface area contributed by atoms with E-state index in [0.717, 1.165) is 11.1 Å². The quantitative estimate of drug-likeness (QED) is 0.906. The molecule has 0 spiro atoms. The molecule has 96 valence electrons. The third kappa shape index (κ3) is 4.01. The highest BCUT2D eigenvalue weighted by Crippen LogP contribution is 2.21. The van der Waals surface area contributed by atoms with Crippen LogP contribution in [0.15, 0.2) is 24.3 Å². The zero-order chi connectivity index (χ0) is 13.1. The van der Waals surface area contributed by atoms with Gasteiger partial charge in [-0.2, -0.15) is 13.2 Å². The van der Waals surface area contributed by atoms with Crippen LogP contribution < -0.4 is 4.72 Å². The second-order valence-electron chi connectivity index (χ2n) is 3.58. The molecule has 0 saturated heterocycles. The lowest BCUT2D eigenvalue weighted by molar-refractivity contribution is -0.0447. The van der Waals surface area contributed by atoms with Gasteiger partial charge in [0.05, 0.1) is 0 Å². The Kier molecular flexibility index (Phi) is 4.16. The van der Waals surface area contributed by atoms with Crippen LogP contribution in [0.5, 0.6) is 0 Å². The summed E-state index contributed by atoms with van der Waals surface area (Å²) in [5.41, 5.74) is -3.44. The first-order chi connectivity index (χ1) is 7.72. The summed E-state index contributed by atoms with van der Waals surface area (Å²) in [6.45, 7) is 1.61. The molecule has 0 aliphatic carbocycles. The van der Waals surface area contributed by atoms with Crippen molar-refractivity contribution < 1.29 is 21.6 Å². The van der Waals surface area contributed by atoms with E-state index in [2.05, 4.69) is 0 Å². The number of aryl methyl sites for hydroxylation is 1. The van der Waals surface area contributed by atoms with Crippen molar-refractivity contribution in [2.24, 2.45) is 0 Å². The van der Waals surface area contributed by atoms with Crippen LogP contribution in [0.25, 0.3) is 0 Å². The number of hydrogen-bond donors (Lipinski definition) is 1. The van der Waals surface area contributed by atoms with Gasteiger partial charge in [0.2, 0.25) is 0 Å². The molecule has 0 aliphatic rings. The van der Waals surface area contributed by atoms with Gasteiger partial charge in [-0.05, 0) is 18.9 Å². The third-order valence-corrected chi connectivity index (χ3v) is 3.32. The Bertz CT molecular complexity index is 465. The van der Waals surface area contributed by atoms with Crippen LogP contribution in [0, 0.1) is 6.92 Å². The van der Waals surface area contributed by atoms with E-state index in [1.54, 1.807) is 12.1 Å². The van der Waals surface area contributed by atoms with Gasteiger partial charge >= 0.3 is 15.5 Å². The van der Waals surface area contributed by atoms with E-state index in [1.165, 1.54) is 4.72 Å². The minimum Gasteiger partial charge on any atom is -0.207 e. The topological polar surface area (TPSA) is 46.2 Å². The van der Waals surface area contributed by atoms with E-state index in [0.29, 0.717) is 0 Å². The number of hydrogen-bond acceptors (Lipinski definition) is 2. The minimum atomic E-state index is -5.25. The van der Waals surface area contributed by atoms with Crippen molar-refractivity contribution in [3.8, 4) is 0 Å². The Balaban J connectivity index is 2.52. The summed E-state index contributed by atoms with van der Waals surface area (Å²) in [6, 6.07) is 7.12. The van der Waals surface area contributed by atoms with E-state index in [-0.39, 0.29) is 13.0 Å². The number of alkyl halides is 3. The summed E-state index contributed by atoms with van der Waals surface area (Å²) in [7, 11) is -5.23. The maximum absolute atomic E-state index is 12.0.